The quantitative estimate of drug-likeness (QED) is 0.342. The molecule has 6 heteroatoms. The van der Waals surface area contributed by atoms with E-state index in [4.69, 9.17) is 9.15 Å². The highest BCUT2D eigenvalue weighted by molar-refractivity contribution is 9.10. The fourth-order valence-corrected chi connectivity index (χ4v) is 3.45. The normalized spacial score (nSPS) is 10.8. The molecule has 3 aromatic carbocycles. The lowest BCUT2D eigenvalue weighted by atomic mass is 10.1. The van der Waals surface area contributed by atoms with Crippen LogP contribution >= 0.6 is 15.9 Å². The summed E-state index contributed by atoms with van der Waals surface area (Å²) in [4.78, 5) is 25.7. The zero-order valence-corrected chi connectivity index (χ0v) is 18.7. The molecule has 1 N–H and O–H groups in total. The highest BCUT2D eigenvalue weighted by atomic mass is 79.9. The summed E-state index contributed by atoms with van der Waals surface area (Å²) in [5.41, 5.74) is 3.56. The molecular weight excluding hydrogens is 458 g/mol. The number of aryl methyl sites for hydroxylation is 2. The molecule has 1 aromatic heterocycles. The van der Waals surface area contributed by atoms with Crippen molar-refractivity contribution in [3.8, 4) is 5.75 Å². The van der Waals surface area contributed by atoms with Crippen molar-refractivity contribution in [2.24, 2.45) is 0 Å². The minimum absolute atomic E-state index is 0.0862. The van der Waals surface area contributed by atoms with Crippen LogP contribution in [0.25, 0.3) is 11.0 Å². The van der Waals surface area contributed by atoms with Crippen molar-refractivity contribution < 1.29 is 18.7 Å². The van der Waals surface area contributed by atoms with Crippen LogP contribution in [0.1, 0.15) is 27.2 Å². The van der Waals surface area contributed by atoms with E-state index in [0.29, 0.717) is 28.0 Å². The molecule has 4 rings (SSSR count). The maximum Gasteiger partial charge on any atom is 0.262 e. The Labute approximate surface area is 188 Å². The van der Waals surface area contributed by atoms with Crippen LogP contribution in [0.5, 0.6) is 5.75 Å². The average Bonchev–Trinajstić information content (AvgIpc) is 3.13. The Kier molecular flexibility index (Phi) is 5.91. The molecular formula is C25H20BrNO4. The van der Waals surface area contributed by atoms with Crippen molar-refractivity contribution in [1.82, 2.24) is 0 Å². The number of hydrogen-bond acceptors (Lipinski definition) is 4. The van der Waals surface area contributed by atoms with Gasteiger partial charge in [0, 0.05) is 15.4 Å². The number of benzene rings is 3. The number of halogens is 1. The van der Waals surface area contributed by atoms with Gasteiger partial charge in [0.1, 0.15) is 11.3 Å². The molecule has 0 fully saturated rings. The number of anilines is 1. The lowest BCUT2D eigenvalue weighted by Gasteiger charge is -2.09. The SMILES string of the molecule is Cc1ccc(OCC(=O)Nc2c(C(=O)c3ccc(Br)cc3)oc3ccccc23)cc1C. The van der Waals surface area contributed by atoms with Crippen LogP contribution in [0, 0.1) is 13.8 Å². The third-order valence-electron chi connectivity index (χ3n) is 5.02. The summed E-state index contributed by atoms with van der Waals surface area (Å²) in [7, 11) is 0. The summed E-state index contributed by atoms with van der Waals surface area (Å²) < 4.78 is 12.3. The summed E-state index contributed by atoms with van der Waals surface area (Å²) in [6.07, 6.45) is 0. The molecule has 0 saturated carbocycles. The predicted octanol–water partition coefficient (Wildman–Crippen LogP) is 6.06. The first-order valence-corrected chi connectivity index (χ1v) is 10.5. The van der Waals surface area contributed by atoms with Gasteiger partial charge >= 0.3 is 0 Å². The van der Waals surface area contributed by atoms with Crippen molar-refractivity contribution >= 4 is 44.3 Å². The first kappa shape index (κ1) is 20.9. The second-order valence-corrected chi connectivity index (χ2v) is 8.14. The average molecular weight is 478 g/mol. The number of carbonyl (C=O) groups is 2. The zero-order chi connectivity index (χ0) is 22.0. The third kappa shape index (κ3) is 4.54. The van der Waals surface area contributed by atoms with Crippen LogP contribution in [0.15, 0.2) is 75.6 Å². The van der Waals surface area contributed by atoms with Gasteiger partial charge in [-0.15, -0.1) is 0 Å². The van der Waals surface area contributed by atoms with Crippen molar-refractivity contribution in [2.45, 2.75) is 13.8 Å². The van der Waals surface area contributed by atoms with Gasteiger partial charge in [-0.05, 0) is 73.5 Å². The molecule has 1 amide bonds. The van der Waals surface area contributed by atoms with Gasteiger partial charge in [0.05, 0.1) is 5.69 Å². The number of fused-ring (bicyclic) bond motifs is 1. The van der Waals surface area contributed by atoms with Crippen LogP contribution in [0.4, 0.5) is 5.69 Å². The lowest BCUT2D eigenvalue weighted by Crippen LogP contribution is -2.21. The largest absolute Gasteiger partial charge is 0.484 e. The number of ether oxygens (including phenoxy) is 1. The van der Waals surface area contributed by atoms with Crippen LogP contribution in [-0.4, -0.2) is 18.3 Å². The van der Waals surface area contributed by atoms with Gasteiger partial charge < -0.3 is 14.5 Å². The fourth-order valence-electron chi connectivity index (χ4n) is 3.19. The Morgan fingerprint density at radius 1 is 0.968 bits per heavy atom. The minimum Gasteiger partial charge on any atom is -0.484 e. The van der Waals surface area contributed by atoms with Crippen LogP contribution in [0.2, 0.25) is 0 Å². The molecule has 156 valence electrons. The zero-order valence-electron chi connectivity index (χ0n) is 17.1. The van der Waals surface area contributed by atoms with Gasteiger partial charge in [0.15, 0.2) is 12.4 Å². The van der Waals surface area contributed by atoms with E-state index < -0.39 is 0 Å². The Morgan fingerprint density at radius 2 is 1.71 bits per heavy atom. The number of amides is 1. The highest BCUT2D eigenvalue weighted by Crippen LogP contribution is 2.32. The minimum atomic E-state index is -0.380. The molecule has 0 spiro atoms. The van der Waals surface area contributed by atoms with Crippen molar-refractivity contribution in [2.75, 3.05) is 11.9 Å². The first-order chi connectivity index (χ1) is 14.9. The summed E-state index contributed by atoms with van der Waals surface area (Å²) in [6, 6.07) is 19.8. The van der Waals surface area contributed by atoms with Gasteiger partial charge in [0.25, 0.3) is 5.91 Å². The monoisotopic (exact) mass is 477 g/mol. The second kappa shape index (κ2) is 8.78. The molecule has 0 aliphatic heterocycles. The molecule has 31 heavy (non-hydrogen) atoms. The van der Waals surface area contributed by atoms with Crippen LogP contribution in [-0.2, 0) is 4.79 Å². The summed E-state index contributed by atoms with van der Waals surface area (Å²) in [6.45, 7) is 3.81. The summed E-state index contributed by atoms with van der Waals surface area (Å²) >= 11 is 3.37. The van der Waals surface area contributed by atoms with E-state index in [0.717, 1.165) is 15.6 Å². The first-order valence-electron chi connectivity index (χ1n) is 9.74. The van der Waals surface area contributed by atoms with Crippen molar-refractivity contribution in [1.29, 1.82) is 0 Å². The van der Waals surface area contributed by atoms with Crippen molar-refractivity contribution in [3.05, 3.63) is 93.7 Å². The topological polar surface area (TPSA) is 68.5 Å². The highest BCUT2D eigenvalue weighted by Gasteiger charge is 2.23. The number of furan rings is 1. The Balaban J connectivity index is 1.59. The Morgan fingerprint density at radius 3 is 2.45 bits per heavy atom. The fraction of sp³-hybridized carbons (Fsp3) is 0.120. The van der Waals surface area contributed by atoms with E-state index in [-0.39, 0.29) is 24.1 Å². The van der Waals surface area contributed by atoms with Gasteiger partial charge in [-0.2, -0.15) is 0 Å². The molecule has 1 heterocycles. The molecule has 0 bridgehead atoms. The van der Waals surface area contributed by atoms with Crippen LogP contribution in [0.3, 0.4) is 0 Å². The Bertz CT molecular complexity index is 1270. The van der Waals surface area contributed by atoms with Crippen LogP contribution < -0.4 is 10.1 Å². The molecule has 0 atom stereocenters. The third-order valence-corrected chi connectivity index (χ3v) is 5.55. The number of para-hydroxylation sites is 1. The molecule has 0 aliphatic carbocycles. The number of carbonyl (C=O) groups excluding carboxylic acids is 2. The van der Waals surface area contributed by atoms with E-state index >= 15 is 0 Å². The predicted molar refractivity (Wildman–Crippen MR) is 124 cm³/mol. The molecule has 0 unspecified atom stereocenters. The van der Waals surface area contributed by atoms with Gasteiger partial charge in [-0.1, -0.05) is 34.1 Å². The number of ketones is 1. The van der Waals surface area contributed by atoms with Gasteiger partial charge in [0.2, 0.25) is 5.78 Å². The van der Waals surface area contributed by atoms with E-state index in [2.05, 4.69) is 21.2 Å². The number of rotatable bonds is 6. The molecule has 4 aromatic rings. The maximum absolute atomic E-state index is 13.1. The molecule has 5 nitrogen and oxygen atoms in total. The van der Waals surface area contributed by atoms with Gasteiger partial charge in [-0.3, -0.25) is 9.59 Å². The van der Waals surface area contributed by atoms with Crippen molar-refractivity contribution in [3.63, 3.8) is 0 Å². The lowest BCUT2D eigenvalue weighted by molar-refractivity contribution is -0.118. The van der Waals surface area contributed by atoms with Gasteiger partial charge in [-0.25, -0.2) is 0 Å². The maximum atomic E-state index is 13.1. The van der Waals surface area contributed by atoms with E-state index in [1.165, 1.54) is 0 Å². The van der Waals surface area contributed by atoms with E-state index in [1.54, 1.807) is 36.4 Å². The number of hydrogen-bond donors (Lipinski definition) is 1. The smallest absolute Gasteiger partial charge is 0.262 e. The number of nitrogens with one attached hydrogen (secondary N) is 1. The van der Waals surface area contributed by atoms with E-state index in [1.807, 2.05) is 44.2 Å². The molecule has 0 aliphatic rings. The second-order valence-electron chi connectivity index (χ2n) is 7.22. The van der Waals surface area contributed by atoms with E-state index in [9.17, 15) is 9.59 Å². The summed E-state index contributed by atoms with van der Waals surface area (Å²) in [5.74, 6) is 0.00762. The standard InChI is InChI=1S/C25H20BrNO4/c1-15-7-12-19(13-16(15)2)30-14-22(28)27-23-20-5-3-4-6-21(20)31-25(23)24(29)17-8-10-18(26)11-9-17/h3-13H,14H2,1-2H3,(H,27,28). The molecule has 0 radical (unpaired) electrons. The molecule has 0 saturated heterocycles. The summed E-state index contributed by atoms with van der Waals surface area (Å²) in [5, 5.41) is 3.46. The Hall–Kier alpha value is -3.38.